The van der Waals surface area contributed by atoms with E-state index >= 15 is 0 Å². The average molecular weight is 184 g/mol. The predicted molar refractivity (Wildman–Crippen MR) is 36.8 cm³/mol. The normalized spacial score (nSPS) is 10.5. The van der Waals surface area contributed by atoms with Gasteiger partial charge in [-0.05, 0) is 0 Å². The molecule has 1 aromatic rings. The van der Waals surface area contributed by atoms with Gasteiger partial charge >= 0.3 is 7.25 Å². The molecule has 0 bridgehead atoms. The Kier molecular flexibility index (Phi) is 3.78. The Morgan fingerprint density at radius 1 is 1.25 bits per heavy atom. The minimum Gasteiger partial charge on any atom is -0.418 e. The molecule has 70 valence electrons. The number of rotatable bonds is 0. The van der Waals surface area contributed by atoms with E-state index in [1.165, 1.54) is 0 Å². The summed E-state index contributed by atoms with van der Waals surface area (Å²) in [7, 11) is -2.00. The summed E-state index contributed by atoms with van der Waals surface area (Å²) in [5, 5.41) is 0. The van der Waals surface area contributed by atoms with Crippen LogP contribution < -0.4 is 4.57 Å². The molecule has 7 heteroatoms. The number of hydrogen-bond donors (Lipinski definition) is 0. The lowest BCUT2D eigenvalue weighted by molar-refractivity contribution is -0.670. The first-order chi connectivity index (χ1) is 5.29. The minimum absolute atomic E-state index is 2.00. The van der Waals surface area contributed by atoms with Gasteiger partial charge in [0.05, 0.1) is 14.1 Å². The number of hydrogen-bond acceptors (Lipinski definition) is 0. The lowest BCUT2D eigenvalue weighted by atomic mass is 10.3. The van der Waals surface area contributed by atoms with Crippen LogP contribution in [0.15, 0.2) is 18.7 Å². The molecule has 12 heavy (non-hydrogen) atoms. The second-order valence-corrected chi connectivity index (χ2v) is 2.24. The summed E-state index contributed by atoms with van der Waals surface area (Å²) in [6, 6.07) is 0. The maximum Gasteiger partial charge on any atom is 0.673 e. The third kappa shape index (κ3) is 8.99. The van der Waals surface area contributed by atoms with E-state index in [1.807, 2.05) is 42.0 Å². The highest BCUT2D eigenvalue weighted by Crippen LogP contribution is 2.06. The first-order valence-electron chi connectivity index (χ1n) is 3.13. The highest BCUT2D eigenvalue weighted by molar-refractivity contribution is 6.50. The first-order valence-corrected chi connectivity index (χ1v) is 3.13. The van der Waals surface area contributed by atoms with Crippen molar-refractivity contribution in [2.75, 3.05) is 0 Å². The first kappa shape index (κ1) is 11.0. The zero-order valence-corrected chi connectivity index (χ0v) is 6.72. The topological polar surface area (TPSA) is 8.81 Å². The van der Waals surface area contributed by atoms with E-state index in [0.29, 0.717) is 0 Å². The van der Waals surface area contributed by atoms with E-state index in [-0.39, 0.29) is 0 Å². The van der Waals surface area contributed by atoms with Crippen LogP contribution in [0.25, 0.3) is 0 Å². The Balaban J connectivity index is 0.000000217. The largest absolute Gasteiger partial charge is 0.673 e. The predicted octanol–water partition coefficient (Wildman–Crippen LogP) is 1.15. The number of nitrogens with zero attached hydrogens (tertiary/aromatic N) is 2. The molecule has 0 amide bonds. The van der Waals surface area contributed by atoms with Gasteiger partial charge in [0.2, 0.25) is 6.33 Å². The van der Waals surface area contributed by atoms with E-state index in [9.17, 15) is 17.3 Å². The van der Waals surface area contributed by atoms with Crippen molar-refractivity contribution in [2.45, 2.75) is 0 Å². The highest BCUT2D eigenvalue weighted by atomic mass is 19.5. The summed E-state index contributed by atoms with van der Waals surface area (Å²) >= 11 is 0. The molecule has 0 fully saturated rings. The van der Waals surface area contributed by atoms with Crippen molar-refractivity contribution in [3.05, 3.63) is 18.7 Å². The molecule has 1 rings (SSSR count). The summed E-state index contributed by atoms with van der Waals surface area (Å²) in [5.74, 6) is 0. The van der Waals surface area contributed by atoms with Gasteiger partial charge in [-0.3, -0.25) is 0 Å². The minimum atomic E-state index is -6.00. The van der Waals surface area contributed by atoms with Crippen molar-refractivity contribution in [1.29, 1.82) is 0 Å². The van der Waals surface area contributed by atoms with Gasteiger partial charge in [-0.2, -0.15) is 0 Å². The van der Waals surface area contributed by atoms with Gasteiger partial charge in [0.15, 0.2) is 0 Å². The molecular weight excluding hydrogens is 175 g/mol. The van der Waals surface area contributed by atoms with Crippen LogP contribution in [-0.4, -0.2) is 11.8 Å². The molecule has 0 unspecified atom stereocenters. The molecule has 0 aliphatic heterocycles. The summed E-state index contributed by atoms with van der Waals surface area (Å²) in [6.07, 6.45) is 6.00. The van der Waals surface area contributed by atoms with Crippen LogP contribution in [0.2, 0.25) is 0 Å². The molecule has 0 atom stereocenters. The highest BCUT2D eigenvalue weighted by Gasteiger charge is 2.20. The Hall–Kier alpha value is -1.01. The van der Waals surface area contributed by atoms with Crippen molar-refractivity contribution in [2.24, 2.45) is 14.1 Å². The quantitative estimate of drug-likeness (QED) is 0.325. The van der Waals surface area contributed by atoms with Gasteiger partial charge in [-0.25, -0.2) is 9.13 Å². The van der Waals surface area contributed by atoms with E-state index in [0.717, 1.165) is 0 Å². The lowest BCUT2D eigenvalue weighted by Crippen LogP contribution is -2.23. The number of halogens is 4. The average Bonchev–Trinajstić information content (AvgIpc) is 2.09. The fraction of sp³-hybridized carbons (Fsp3) is 0.400. The maximum absolute atomic E-state index is 9.75. The Morgan fingerprint density at radius 2 is 1.67 bits per heavy atom. The molecule has 0 saturated heterocycles. The van der Waals surface area contributed by atoms with Gasteiger partial charge in [0.25, 0.3) is 0 Å². The van der Waals surface area contributed by atoms with Gasteiger partial charge in [0, 0.05) is 0 Å². The Bertz CT molecular complexity index is 209. The molecule has 0 radical (unpaired) electrons. The monoisotopic (exact) mass is 184 g/mol. The van der Waals surface area contributed by atoms with Crippen LogP contribution in [-0.2, 0) is 14.1 Å². The second kappa shape index (κ2) is 4.13. The van der Waals surface area contributed by atoms with Crippen LogP contribution in [0, 0.1) is 0 Å². The van der Waals surface area contributed by atoms with E-state index in [2.05, 4.69) is 0 Å². The fourth-order valence-electron chi connectivity index (χ4n) is 0.575. The molecule has 0 aromatic carbocycles. The summed E-state index contributed by atoms with van der Waals surface area (Å²) in [6.45, 7) is 0. The van der Waals surface area contributed by atoms with Gasteiger partial charge in [-0.1, -0.05) is 0 Å². The molecule has 0 saturated carbocycles. The van der Waals surface area contributed by atoms with Gasteiger partial charge < -0.3 is 17.3 Å². The van der Waals surface area contributed by atoms with Crippen molar-refractivity contribution < 1.29 is 21.8 Å². The smallest absolute Gasteiger partial charge is 0.418 e. The van der Waals surface area contributed by atoms with Gasteiger partial charge in [-0.15, -0.1) is 0 Å². The third-order valence-electron chi connectivity index (χ3n) is 0.901. The molecule has 1 aromatic heterocycles. The van der Waals surface area contributed by atoms with Crippen LogP contribution >= 0.6 is 0 Å². The van der Waals surface area contributed by atoms with Crippen molar-refractivity contribution in [3.63, 3.8) is 0 Å². The standard InChI is InChI=1S/C5H9N2.BF4/c1-6-3-4-7(2)5-6;2-1(3,4)5/h3-5H,1-2H3;/q+1;-1. The van der Waals surface area contributed by atoms with Crippen LogP contribution in [0.5, 0.6) is 0 Å². The zero-order valence-electron chi connectivity index (χ0n) is 6.72. The second-order valence-electron chi connectivity index (χ2n) is 2.24. The Labute approximate surface area is 67.5 Å². The van der Waals surface area contributed by atoms with Crippen molar-refractivity contribution >= 4 is 7.25 Å². The SMILES string of the molecule is Cn1cc[n+](C)c1.F[B-](F)(F)F. The molecule has 0 aliphatic rings. The molecule has 2 nitrogen and oxygen atoms in total. The summed E-state index contributed by atoms with van der Waals surface area (Å²) in [5.41, 5.74) is 0. The van der Waals surface area contributed by atoms with Crippen LogP contribution in [0.1, 0.15) is 0 Å². The lowest BCUT2D eigenvalue weighted by Gasteiger charge is -1.94. The fourth-order valence-corrected chi connectivity index (χ4v) is 0.575. The van der Waals surface area contributed by atoms with Crippen LogP contribution in [0.3, 0.4) is 0 Å². The molecule has 0 spiro atoms. The Morgan fingerprint density at radius 3 is 1.75 bits per heavy atom. The van der Waals surface area contributed by atoms with E-state index in [1.54, 1.807) is 0 Å². The number of aromatic nitrogens is 2. The van der Waals surface area contributed by atoms with Crippen LogP contribution in [0.4, 0.5) is 17.3 Å². The number of imidazole rings is 1. The molecule has 1 heterocycles. The van der Waals surface area contributed by atoms with Crippen molar-refractivity contribution in [1.82, 2.24) is 4.57 Å². The number of aryl methyl sites for hydroxylation is 2. The molecular formula is C5H9BF4N2. The zero-order chi connectivity index (χ0) is 9.78. The van der Waals surface area contributed by atoms with Gasteiger partial charge in [0.1, 0.15) is 12.4 Å². The van der Waals surface area contributed by atoms with E-state index < -0.39 is 7.25 Å². The van der Waals surface area contributed by atoms with E-state index in [4.69, 9.17) is 0 Å². The van der Waals surface area contributed by atoms with Crippen molar-refractivity contribution in [3.8, 4) is 0 Å². The maximum atomic E-state index is 9.75. The molecule has 0 N–H and O–H groups in total. The summed E-state index contributed by atoms with van der Waals surface area (Å²) < 4.78 is 43.0. The third-order valence-corrected chi connectivity index (χ3v) is 0.901. The summed E-state index contributed by atoms with van der Waals surface area (Å²) in [4.78, 5) is 0. The molecule has 0 aliphatic carbocycles.